The highest BCUT2D eigenvalue weighted by atomic mass is 16.5. The monoisotopic (exact) mass is 203 g/mol. The van der Waals surface area contributed by atoms with Crippen LogP contribution in [0.5, 0.6) is 5.75 Å². The van der Waals surface area contributed by atoms with Gasteiger partial charge < -0.3 is 14.5 Å². The van der Waals surface area contributed by atoms with Crippen molar-refractivity contribution in [1.29, 1.82) is 0 Å². The summed E-state index contributed by atoms with van der Waals surface area (Å²) in [4.78, 5) is 4.47. The van der Waals surface area contributed by atoms with Gasteiger partial charge in [0, 0.05) is 25.2 Å². The maximum atomic E-state index is 5.30. The smallest absolute Gasteiger partial charge is 0.144 e. The molecule has 78 valence electrons. The van der Waals surface area contributed by atoms with E-state index in [0.717, 1.165) is 30.2 Å². The number of nitrogens with one attached hydrogen (secondary N) is 1. The van der Waals surface area contributed by atoms with Crippen LogP contribution in [0.3, 0.4) is 0 Å². The maximum absolute atomic E-state index is 5.30. The van der Waals surface area contributed by atoms with Crippen molar-refractivity contribution in [1.82, 2.24) is 14.7 Å². The van der Waals surface area contributed by atoms with Crippen molar-refractivity contribution >= 4 is 5.52 Å². The van der Waals surface area contributed by atoms with Crippen LogP contribution in [0.25, 0.3) is 5.52 Å². The molecule has 2 aromatic rings. The SMILES string of the molecule is COc1cccn2c(C3CNC3)ncc12. The minimum Gasteiger partial charge on any atom is -0.494 e. The quantitative estimate of drug-likeness (QED) is 0.792. The van der Waals surface area contributed by atoms with Gasteiger partial charge in [-0.25, -0.2) is 4.98 Å². The van der Waals surface area contributed by atoms with Crippen LogP contribution in [0, 0.1) is 0 Å². The second kappa shape index (κ2) is 3.24. The van der Waals surface area contributed by atoms with Gasteiger partial charge in [0.15, 0.2) is 0 Å². The summed E-state index contributed by atoms with van der Waals surface area (Å²) >= 11 is 0. The van der Waals surface area contributed by atoms with Crippen LogP contribution in [0.15, 0.2) is 24.5 Å². The second-order valence-electron chi connectivity index (χ2n) is 3.80. The van der Waals surface area contributed by atoms with E-state index in [0.29, 0.717) is 5.92 Å². The van der Waals surface area contributed by atoms with Crippen molar-refractivity contribution in [3.63, 3.8) is 0 Å². The number of pyridine rings is 1. The average Bonchev–Trinajstić information content (AvgIpc) is 2.59. The van der Waals surface area contributed by atoms with Gasteiger partial charge in [-0.3, -0.25) is 0 Å². The van der Waals surface area contributed by atoms with E-state index in [9.17, 15) is 0 Å². The van der Waals surface area contributed by atoms with E-state index in [4.69, 9.17) is 4.74 Å². The summed E-state index contributed by atoms with van der Waals surface area (Å²) in [5.74, 6) is 2.55. The van der Waals surface area contributed by atoms with Crippen molar-refractivity contribution in [3.8, 4) is 5.75 Å². The highest BCUT2D eigenvalue weighted by Crippen LogP contribution is 2.25. The zero-order chi connectivity index (χ0) is 10.3. The molecule has 2 aromatic heterocycles. The minimum absolute atomic E-state index is 0.541. The number of methoxy groups -OCH3 is 1. The van der Waals surface area contributed by atoms with Gasteiger partial charge in [-0.2, -0.15) is 0 Å². The van der Waals surface area contributed by atoms with E-state index in [1.165, 1.54) is 0 Å². The molecule has 4 heteroatoms. The Morgan fingerprint density at radius 1 is 1.53 bits per heavy atom. The van der Waals surface area contributed by atoms with E-state index in [1.807, 2.05) is 24.5 Å². The van der Waals surface area contributed by atoms with Crippen LogP contribution in [0.4, 0.5) is 0 Å². The number of nitrogens with zero attached hydrogens (tertiary/aromatic N) is 2. The summed E-state index contributed by atoms with van der Waals surface area (Å²) in [5.41, 5.74) is 1.04. The van der Waals surface area contributed by atoms with Crippen LogP contribution in [-0.4, -0.2) is 29.6 Å². The van der Waals surface area contributed by atoms with Gasteiger partial charge in [0.25, 0.3) is 0 Å². The molecule has 1 saturated heterocycles. The molecule has 0 radical (unpaired) electrons. The molecule has 1 N–H and O–H groups in total. The lowest BCUT2D eigenvalue weighted by atomic mass is 10.0. The fourth-order valence-corrected chi connectivity index (χ4v) is 1.96. The predicted molar refractivity (Wildman–Crippen MR) is 57.4 cm³/mol. The Hall–Kier alpha value is -1.55. The lowest BCUT2D eigenvalue weighted by Crippen LogP contribution is -2.40. The van der Waals surface area contributed by atoms with Crippen LogP contribution < -0.4 is 10.1 Å². The van der Waals surface area contributed by atoms with Gasteiger partial charge >= 0.3 is 0 Å². The van der Waals surface area contributed by atoms with Crippen LogP contribution in [0.1, 0.15) is 11.7 Å². The van der Waals surface area contributed by atoms with E-state index in [1.54, 1.807) is 7.11 Å². The Kier molecular flexibility index (Phi) is 1.89. The third kappa shape index (κ3) is 1.22. The molecule has 0 atom stereocenters. The minimum atomic E-state index is 0.541. The summed E-state index contributed by atoms with van der Waals surface area (Å²) in [7, 11) is 1.69. The zero-order valence-corrected chi connectivity index (χ0v) is 8.60. The first-order chi connectivity index (χ1) is 7.40. The molecular weight excluding hydrogens is 190 g/mol. The Balaban J connectivity index is 2.16. The fourth-order valence-electron chi connectivity index (χ4n) is 1.96. The Morgan fingerprint density at radius 2 is 2.40 bits per heavy atom. The largest absolute Gasteiger partial charge is 0.494 e. The summed E-state index contributed by atoms with van der Waals surface area (Å²) in [6, 6.07) is 3.95. The summed E-state index contributed by atoms with van der Waals surface area (Å²) in [6.45, 7) is 2.05. The molecule has 0 saturated carbocycles. The van der Waals surface area contributed by atoms with Crippen molar-refractivity contribution in [2.45, 2.75) is 5.92 Å². The normalized spacial score (nSPS) is 16.6. The van der Waals surface area contributed by atoms with Gasteiger partial charge in [-0.1, -0.05) is 0 Å². The Morgan fingerprint density at radius 3 is 3.07 bits per heavy atom. The molecule has 4 nitrogen and oxygen atoms in total. The lowest BCUT2D eigenvalue weighted by Gasteiger charge is -2.25. The number of rotatable bonds is 2. The standard InChI is InChI=1S/C11H13N3O/c1-15-10-3-2-4-14-9(10)7-13-11(14)8-5-12-6-8/h2-4,7-8,12H,5-6H2,1H3. The van der Waals surface area contributed by atoms with Gasteiger partial charge in [0.1, 0.15) is 17.1 Å². The molecule has 0 bridgehead atoms. The summed E-state index contributed by atoms with van der Waals surface area (Å²) < 4.78 is 7.41. The van der Waals surface area contributed by atoms with Gasteiger partial charge in [0.2, 0.25) is 0 Å². The molecule has 0 spiro atoms. The average molecular weight is 203 g/mol. The van der Waals surface area contributed by atoms with Crippen molar-refractivity contribution in [2.24, 2.45) is 0 Å². The number of fused-ring (bicyclic) bond motifs is 1. The number of hydrogen-bond acceptors (Lipinski definition) is 3. The predicted octanol–water partition coefficient (Wildman–Crippen LogP) is 1.03. The maximum Gasteiger partial charge on any atom is 0.144 e. The van der Waals surface area contributed by atoms with E-state index in [-0.39, 0.29) is 0 Å². The number of imidazole rings is 1. The lowest BCUT2D eigenvalue weighted by molar-refractivity contribution is 0.415. The van der Waals surface area contributed by atoms with E-state index >= 15 is 0 Å². The molecule has 15 heavy (non-hydrogen) atoms. The highest BCUT2D eigenvalue weighted by Gasteiger charge is 2.23. The molecule has 0 aliphatic carbocycles. The molecule has 1 aliphatic heterocycles. The van der Waals surface area contributed by atoms with Gasteiger partial charge in [-0.05, 0) is 12.1 Å². The van der Waals surface area contributed by atoms with Crippen molar-refractivity contribution < 1.29 is 4.74 Å². The first-order valence-electron chi connectivity index (χ1n) is 5.11. The van der Waals surface area contributed by atoms with E-state index in [2.05, 4.69) is 14.7 Å². The number of hydrogen-bond donors (Lipinski definition) is 1. The molecule has 0 aromatic carbocycles. The van der Waals surface area contributed by atoms with Crippen LogP contribution in [0.2, 0.25) is 0 Å². The first-order valence-corrected chi connectivity index (χ1v) is 5.11. The molecule has 0 unspecified atom stereocenters. The van der Waals surface area contributed by atoms with E-state index < -0.39 is 0 Å². The molecule has 0 amide bonds. The molecule has 3 rings (SSSR count). The van der Waals surface area contributed by atoms with Gasteiger partial charge in [0.05, 0.1) is 13.3 Å². The number of ether oxygens (including phenoxy) is 1. The van der Waals surface area contributed by atoms with Crippen molar-refractivity contribution in [2.75, 3.05) is 20.2 Å². The molecular formula is C11H13N3O. The Bertz CT molecular complexity index is 488. The molecule has 3 heterocycles. The first kappa shape index (κ1) is 8.73. The molecule has 1 fully saturated rings. The molecule has 1 aliphatic rings. The summed E-state index contributed by atoms with van der Waals surface area (Å²) in [6.07, 6.45) is 3.92. The zero-order valence-electron chi connectivity index (χ0n) is 8.60. The highest BCUT2D eigenvalue weighted by molar-refractivity contribution is 5.59. The van der Waals surface area contributed by atoms with Gasteiger partial charge in [-0.15, -0.1) is 0 Å². The second-order valence-corrected chi connectivity index (χ2v) is 3.80. The van der Waals surface area contributed by atoms with Crippen LogP contribution >= 0.6 is 0 Å². The number of aromatic nitrogens is 2. The fraction of sp³-hybridized carbons (Fsp3) is 0.364. The summed E-state index contributed by atoms with van der Waals surface area (Å²) in [5, 5.41) is 3.26. The van der Waals surface area contributed by atoms with Crippen LogP contribution in [-0.2, 0) is 0 Å². The topological polar surface area (TPSA) is 38.6 Å². The third-order valence-corrected chi connectivity index (χ3v) is 2.93. The van der Waals surface area contributed by atoms with Crippen molar-refractivity contribution in [3.05, 3.63) is 30.4 Å². The Labute approximate surface area is 87.9 Å². The third-order valence-electron chi connectivity index (χ3n) is 2.93.